The average molecular weight is 356 g/mol. The van der Waals surface area contributed by atoms with E-state index in [0.717, 1.165) is 23.9 Å². The van der Waals surface area contributed by atoms with Crippen LogP contribution in [0.2, 0.25) is 0 Å². The Labute approximate surface area is 147 Å². The summed E-state index contributed by atoms with van der Waals surface area (Å²) in [5, 5.41) is 4.61. The summed E-state index contributed by atoms with van der Waals surface area (Å²) < 4.78 is 2.57. The maximum atomic E-state index is 12.4. The molecule has 0 spiro atoms. The summed E-state index contributed by atoms with van der Waals surface area (Å²) in [4.78, 5) is 53.8. The Morgan fingerprint density at radius 3 is 2.42 bits per heavy atom. The SMILES string of the molecule is O=C(Cn1nc2n(c1=O)CCCCC2)ON1C(=O)c2ccccc2C1=O. The van der Waals surface area contributed by atoms with Crippen LogP contribution in [0, 0.1) is 0 Å². The summed E-state index contributed by atoms with van der Waals surface area (Å²) in [6.45, 7) is 0.105. The number of nitrogens with zero attached hydrogens (tertiary/aromatic N) is 4. The van der Waals surface area contributed by atoms with Gasteiger partial charge in [-0.3, -0.25) is 14.2 Å². The number of aromatic nitrogens is 3. The Balaban J connectivity index is 1.50. The summed E-state index contributed by atoms with van der Waals surface area (Å²) >= 11 is 0. The van der Waals surface area contributed by atoms with Gasteiger partial charge in [0, 0.05) is 13.0 Å². The molecule has 4 rings (SSSR count). The Morgan fingerprint density at radius 1 is 1.04 bits per heavy atom. The molecule has 1 aromatic carbocycles. The van der Waals surface area contributed by atoms with Crippen molar-refractivity contribution >= 4 is 17.8 Å². The zero-order valence-electron chi connectivity index (χ0n) is 13.9. The van der Waals surface area contributed by atoms with Crippen LogP contribution in [0.4, 0.5) is 0 Å². The highest BCUT2D eigenvalue weighted by atomic mass is 16.7. The van der Waals surface area contributed by atoms with Gasteiger partial charge in [-0.2, -0.15) is 5.10 Å². The third kappa shape index (κ3) is 2.61. The van der Waals surface area contributed by atoms with Crippen LogP contribution >= 0.6 is 0 Å². The first-order valence-electron chi connectivity index (χ1n) is 8.41. The van der Waals surface area contributed by atoms with E-state index in [1.807, 2.05) is 0 Å². The van der Waals surface area contributed by atoms with E-state index in [2.05, 4.69) is 5.10 Å². The molecular weight excluding hydrogens is 340 g/mol. The van der Waals surface area contributed by atoms with Crippen molar-refractivity contribution < 1.29 is 19.2 Å². The second-order valence-corrected chi connectivity index (χ2v) is 6.23. The van der Waals surface area contributed by atoms with Crippen molar-refractivity contribution in [2.45, 2.75) is 38.8 Å². The molecule has 2 amide bonds. The Bertz CT molecular complexity index is 939. The maximum Gasteiger partial charge on any atom is 0.354 e. The largest absolute Gasteiger partial charge is 0.354 e. The number of hydrogen-bond donors (Lipinski definition) is 0. The number of carbonyl (C=O) groups is 3. The number of hydroxylamine groups is 2. The van der Waals surface area contributed by atoms with Gasteiger partial charge in [-0.05, 0) is 25.0 Å². The number of aryl methyl sites for hydroxylation is 1. The van der Waals surface area contributed by atoms with Gasteiger partial charge in [0.15, 0.2) is 0 Å². The van der Waals surface area contributed by atoms with Gasteiger partial charge >= 0.3 is 11.7 Å². The van der Waals surface area contributed by atoms with Crippen molar-refractivity contribution in [2.24, 2.45) is 0 Å². The van der Waals surface area contributed by atoms with E-state index in [-0.39, 0.29) is 16.8 Å². The summed E-state index contributed by atoms with van der Waals surface area (Å²) in [5.41, 5.74) is -0.0337. The maximum absolute atomic E-state index is 12.4. The number of rotatable bonds is 3. The topological polar surface area (TPSA) is 104 Å². The molecule has 9 heteroatoms. The fourth-order valence-electron chi connectivity index (χ4n) is 3.23. The van der Waals surface area contributed by atoms with Crippen molar-refractivity contribution in [3.8, 4) is 0 Å². The zero-order chi connectivity index (χ0) is 18.3. The molecule has 0 N–H and O–H groups in total. The van der Waals surface area contributed by atoms with Crippen LogP contribution in [-0.4, -0.2) is 37.2 Å². The molecule has 3 heterocycles. The molecule has 0 radical (unpaired) electrons. The highest BCUT2D eigenvalue weighted by molar-refractivity contribution is 6.20. The number of amides is 2. The van der Waals surface area contributed by atoms with E-state index >= 15 is 0 Å². The molecule has 134 valence electrons. The van der Waals surface area contributed by atoms with E-state index < -0.39 is 24.3 Å². The average Bonchev–Trinajstić information content (AvgIpc) is 2.93. The van der Waals surface area contributed by atoms with Gasteiger partial charge < -0.3 is 4.84 Å². The van der Waals surface area contributed by atoms with Crippen molar-refractivity contribution in [1.29, 1.82) is 0 Å². The monoisotopic (exact) mass is 356 g/mol. The molecule has 0 aliphatic carbocycles. The normalized spacial score (nSPS) is 16.2. The Morgan fingerprint density at radius 2 is 1.73 bits per heavy atom. The minimum atomic E-state index is -0.908. The molecule has 0 atom stereocenters. The number of benzene rings is 1. The van der Waals surface area contributed by atoms with Crippen LogP contribution in [0.15, 0.2) is 29.1 Å². The first-order chi connectivity index (χ1) is 12.6. The van der Waals surface area contributed by atoms with Gasteiger partial charge in [0.05, 0.1) is 11.1 Å². The van der Waals surface area contributed by atoms with Gasteiger partial charge in [0.25, 0.3) is 11.8 Å². The minimum Gasteiger partial charge on any atom is -0.328 e. The molecule has 0 bridgehead atoms. The second kappa shape index (κ2) is 6.25. The van der Waals surface area contributed by atoms with Crippen molar-refractivity contribution in [3.63, 3.8) is 0 Å². The smallest absolute Gasteiger partial charge is 0.328 e. The summed E-state index contributed by atoms with van der Waals surface area (Å²) in [6.07, 6.45) is 3.54. The van der Waals surface area contributed by atoms with Crippen LogP contribution in [0.3, 0.4) is 0 Å². The van der Waals surface area contributed by atoms with Crippen molar-refractivity contribution in [1.82, 2.24) is 19.4 Å². The number of fused-ring (bicyclic) bond motifs is 2. The van der Waals surface area contributed by atoms with E-state index in [1.165, 1.54) is 12.1 Å². The molecule has 2 aromatic rings. The lowest BCUT2D eigenvalue weighted by atomic mass is 10.1. The molecule has 0 fully saturated rings. The fourth-order valence-corrected chi connectivity index (χ4v) is 3.23. The minimum absolute atomic E-state index is 0.177. The molecule has 0 saturated carbocycles. The number of carbonyl (C=O) groups excluding carboxylic acids is 3. The number of hydrogen-bond acceptors (Lipinski definition) is 6. The standard InChI is InChI=1S/C17H16N4O5/c22-14(10-20-17(25)19-9-5-1-2-8-13(19)18-20)26-21-15(23)11-6-3-4-7-12(11)16(21)24/h3-4,6-7H,1-2,5,8-10H2. The first-order valence-corrected chi connectivity index (χ1v) is 8.41. The second-order valence-electron chi connectivity index (χ2n) is 6.23. The lowest BCUT2D eigenvalue weighted by Crippen LogP contribution is -2.36. The molecule has 1 aromatic heterocycles. The van der Waals surface area contributed by atoms with Gasteiger partial charge in [-0.25, -0.2) is 14.3 Å². The van der Waals surface area contributed by atoms with E-state index in [1.54, 1.807) is 16.7 Å². The molecule has 2 aliphatic heterocycles. The summed E-state index contributed by atoms with van der Waals surface area (Å²) in [7, 11) is 0. The van der Waals surface area contributed by atoms with Crippen LogP contribution < -0.4 is 5.69 Å². The molecule has 9 nitrogen and oxygen atoms in total. The van der Waals surface area contributed by atoms with E-state index in [0.29, 0.717) is 23.9 Å². The predicted octanol–water partition coefficient (Wildman–Crippen LogP) is 0.526. The van der Waals surface area contributed by atoms with E-state index in [4.69, 9.17) is 4.84 Å². The Hall–Kier alpha value is -3.23. The zero-order valence-corrected chi connectivity index (χ0v) is 13.9. The molecule has 0 unspecified atom stereocenters. The summed E-state index contributed by atoms with van der Waals surface area (Å²) in [6, 6.07) is 6.21. The van der Waals surface area contributed by atoms with Crippen LogP contribution in [0.1, 0.15) is 45.8 Å². The van der Waals surface area contributed by atoms with Gasteiger partial charge in [-0.1, -0.05) is 23.6 Å². The highest BCUT2D eigenvalue weighted by Gasteiger charge is 2.38. The molecular formula is C17H16N4O5. The highest BCUT2D eigenvalue weighted by Crippen LogP contribution is 2.22. The van der Waals surface area contributed by atoms with Gasteiger partial charge in [-0.15, -0.1) is 0 Å². The third-order valence-electron chi connectivity index (χ3n) is 4.51. The fraction of sp³-hybridized carbons (Fsp3) is 0.353. The Kier molecular flexibility index (Phi) is 3.90. The molecule has 2 aliphatic rings. The lowest BCUT2D eigenvalue weighted by Gasteiger charge is -2.12. The number of imide groups is 1. The van der Waals surface area contributed by atoms with Crippen LogP contribution in [-0.2, 0) is 29.1 Å². The lowest BCUT2D eigenvalue weighted by molar-refractivity contribution is -0.169. The molecule has 26 heavy (non-hydrogen) atoms. The van der Waals surface area contributed by atoms with Crippen molar-refractivity contribution in [3.05, 3.63) is 51.7 Å². The van der Waals surface area contributed by atoms with E-state index in [9.17, 15) is 19.2 Å². The van der Waals surface area contributed by atoms with Gasteiger partial charge in [0.2, 0.25) is 0 Å². The summed E-state index contributed by atoms with van der Waals surface area (Å²) in [5.74, 6) is -1.67. The van der Waals surface area contributed by atoms with Crippen molar-refractivity contribution in [2.75, 3.05) is 0 Å². The third-order valence-corrected chi connectivity index (χ3v) is 4.51. The predicted molar refractivity (Wildman–Crippen MR) is 87.1 cm³/mol. The molecule has 0 saturated heterocycles. The van der Waals surface area contributed by atoms with Crippen LogP contribution in [0.25, 0.3) is 0 Å². The van der Waals surface area contributed by atoms with Gasteiger partial charge in [0.1, 0.15) is 12.4 Å². The first kappa shape index (κ1) is 16.2. The van der Waals surface area contributed by atoms with Crippen LogP contribution in [0.5, 0.6) is 0 Å². The quantitative estimate of drug-likeness (QED) is 0.743.